The number of hydrogen-bond acceptors (Lipinski definition) is 4. The highest BCUT2D eigenvalue weighted by Gasteiger charge is 2.20. The molecule has 3 aromatic rings. The maximum atomic E-state index is 12.9. The van der Waals surface area contributed by atoms with Crippen LogP contribution in [0, 0.1) is 0 Å². The Morgan fingerprint density at radius 2 is 1.57 bits per heavy atom. The van der Waals surface area contributed by atoms with Crippen molar-refractivity contribution >= 4 is 34.7 Å². The Morgan fingerprint density at radius 3 is 2.30 bits per heavy atom. The zero-order valence-electron chi connectivity index (χ0n) is 16.3. The lowest BCUT2D eigenvalue weighted by molar-refractivity contribution is 0.102. The van der Waals surface area contributed by atoms with E-state index in [2.05, 4.69) is 10.2 Å². The van der Waals surface area contributed by atoms with Crippen LogP contribution in [0.4, 0.5) is 11.4 Å². The summed E-state index contributed by atoms with van der Waals surface area (Å²) >= 11 is 6.19. The monoisotopic (exact) mass is 420 g/mol. The largest absolute Gasteiger partial charge is 0.378 e. The van der Waals surface area contributed by atoms with E-state index in [9.17, 15) is 9.59 Å². The molecule has 1 aliphatic heterocycles. The number of hydrogen-bond donors (Lipinski definition) is 1. The molecule has 1 N–H and O–H groups in total. The summed E-state index contributed by atoms with van der Waals surface area (Å²) in [5, 5.41) is 3.33. The molecule has 0 radical (unpaired) electrons. The first-order chi connectivity index (χ1) is 14.6. The van der Waals surface area contributed by atoms with Crippen molar-refractivity contribution < 1.29 is 14.3 Å². The van der Waals surface area contributed by atoms with Crippen molar-refractivity contribution in [2.45, 2.75) is 0 Å². The van der Waals surface area contributed by atoms with E-state index in [1.54, 1.807) is 48.5 Å². The Hall–Kier alpha value is -3.15. The van der Waals surface area contributed by atoms with Crippen LogP contribution in [-0.4, -0.2) is 38.0 Å². The maximum absolute atomic E-state index is 12.9. The first-order valence-corrected chi connectivity index (χ1v) is 10.1. The van der Waals surface area contributed by atoms with Gasteiger partial charge in [0.2, 0.25) is 0 Å². The number of carbonyl (C=O) groups excluding carboxylic acids is 2. The predicted octanol–water partition coefficient (Wildman–Crippen LogP) is 4.66. The minimum atomic E-state index is -0.320. The molecule has 30 heavy (non-hydrogen) atoms. The second-order valence-corrected chi connectivity index (χ2v) is 7.37. The standard InChI is InChI=1S/C24H21ClN2O3/c25-20-9-5-4-8-19(20)24(29)26-21-16-18(23(28)17-6-2-1-3-7-17)10-11-22(21)27-12-14-30-15-13-27/h1-11,16H,12-15H2,(H,26,29). The van der Waals surface area contributed by atoms with E-state index in [0.29, 0.717) is 53.7 Å². The molecule has 0 bridgehead atoms. The molecule has 0 spiro atoms. The first-order valence-electron chi connectivity index (χ1n) is 9.76. The lowest BCUT2D eigenvalue weighted by Gasteiger charge is -2.30. The van der Waals surface area contributed by atoms with E-state index in [1.165, 1.54) is 0 Å². The van der Waals surface area contributed by atoms with Gasteiger partial charge in [0.25, 0.3) is 5.91 Å². The quantitative estimate of drug-likeness (QED) is 0.610. The van der Waals surface area contributed by atoms with Gasteiger partial charge in [-0.2, -0.15) is 0 Å². The molecule has 4 rings (SSSR count). The molecule has 0 aliphatic carbocycles. The molecule has 1 aliphatic rings. The summed E-state index contributed by atoms with van der Waals surface area (Å²) in [5.74, 6) is -0.420. The van der Waals surface area contributed by atoms with Crippen molar-refractivity contribution in [1.82, 2.24) is 0 Å². The van der Waals surface area contributed by atoms with Gasteiger partial charge < -0.3 is 15.0 Å². The van der Waals surface area contributed by atoms with Gasteiger partial charge in [-0.05, 0) is 30.3 Å². The minimum Gasteiger partial charge on any atom is -0.378 e. The van der Waals surface area contributed by atoms with Crippen LogP contribution >= 0.6 is 11.6 Å². The number of ether oxygens (including phenoxy) is 1. The van der Waals surface area contributed by atoms with Crippen LogP contribution in [0.25, 0.3) is 0 Å². The molecular weight excluding hydrogens is 400 g/mol. The fourth-order valence-corrected chi connectivity index (χ4v) is 3.67. The number of carbonyl (C=O) groups is 2. The average Bonchev–Trinajstić information content (AvgIpc) is 2.80. The van der Waals surface area contributed by atoms with Crippen LogP contribution in [0.1, 0.15) is 26.3 Å². The Morgan fingerprint density at radius 1 is 0.867 bits per heavy atom. The number of anilines is 2. The topological polar surface area (TPSA) is 58.6 Å². The molecule has 1 heterocycles. The summed E-state index contributed by atoms with van der Waals surface area (Å²) in [6.07, 6.45) is 0. The third-order valence-corrected chi connectivity index (χ3v) is 5.34. The summed E-state index contributed by atoms with van der Waals surface area (Å²) < 4.78 is 5.45. The maximum Gasteiger partial charge on any atom is 0.257 e. The van der Waals surface area contributed by atoms with Crippen molar-refractivity contribution in [1.29, 1.82) is 0 Å². The lowest BCUT2D eigenvalue weighted by atomic mass is 10.0. The normalized spacial score (nSPS) is 13.7. The fraction of sp³-hybridized carbons (Fsp3) is 0.167. The van der Waals surface area contributed by atoms with Crippen LogP contribution in [0.5, 0.6) is 0 Å². The second kappa shape index (κ2) is 9.11. The molecule has 1 amide bonds. The van der Waals surface area contributed by atoms with Gasteiger partial charge in [0, 0.05) is 24.2 Å². The SMILES string of the molecule is O=C(c1ccccc1)c1ccc(N2CCOCC2)c(NC(=O)c2ccccc2Cl)c1. The summed E-state index contributed by atoms with van der Waals surface area (Å²) in [5.41, 5.74) is 2.91. The van der Waals surface area contributed by atoms with Gasteiger partial charge in [0.15, 0.2) is 5.78 Å². The number of nitrogens with zero attached hydrogens (tertiary/aromatic N) is 1. The van der Waals surface area contributed by atoms with Crippen molar-refractivity contribution in [3.63, 3.8) is 0 Å². The van der Waals surface area contributed by atoms with Crippen LogP contribution in [0.3, 0.4) is 0 Å². The molecule has 0 unspecified atom stereocenters. The predicted molar refractivity (Wildman–Crippen MR) is 119 cm³/mol. The van der Waals surface area contributed by atoms with Crippen molar-refractivity contribution in [2.24, 2.45) is 0 Å². The summed E-state index contributed by atoms with van der Waals surface area (Å²) in [6, 6.07) is 21.4. The highest BCUT2D eigenvalue weighted by molar-refractivity contribution is 6.34. The highest BCUT2D eigenvalue weighted by atomic mass is 35.5. The van der Waals surface area contributed by atoms with Crippen molar-refractivity contribution in [3.05, 3.63) is 94.5 Å². The number of nitrogens with one attached hydrogen (secondary N) is 1. The number of halogens is 1. The highest BCUT2D eigenvalue weighted by Crippen LogP contribution is 2.30. The molecular formula is C24H21ClN2O3. The van der Waals surface area contributed by atoms with E-state index in [1.807, 2.05) is 24.3 Å². The van der Waals surface area contributed by atoms with Crippen LogP contribution in [0.2, 0.25) is 5.02 Å². The molecule has 3 aromatic carbocycles. The zero-order chi connectivity index (χ0) is 20.9. The van der Waals surface area contributed by atoms with E-state index < -0.39 is 0 Å². The minimum absolute atomic E-state index is 0.0997. The second-order valence-electron chi connectivity index (χ2n) is 6.96. The Labute approximate surface area is 180 Å². The van der Waals surface area contributed by atoms with Crippen molar-refractivity contribution in [2.75, 3.05) is 36.5 Å². The first kappa shape index (κ1) is 20.1. The number of ketones is 1. The van der Waals surface area contributed by atoms with Crippen LogP contribution in [0.15, 0.2) is 72.8 Å². The number of amides is 1. The molecule has 0 saturated carbocycles. The molecule has 6 heteroatoms. The molecule has 1 fully saturated rings. The average molecular weight is 421 g/mol. The lowest BCUT2D eigenvalue weighted by Crippen LogP contribution is -2.36. The van der Waals surface area contributed by atoms with Crippen LogP contribution < -0.4 is 10.2 Å². The summed E-state index contributed by atoms with van der Waals surface area (Å²) in [6.45, 7) is 2.65. The van der Waals surface area contributed by atoms with Gasteiger partial charge in [0.05, 0.1) is 35.2 Å². The van der Waals surface area contributed by atoms with Crippen LogP contribution in [-0.2, 0) is 4.74 Å². The van der Waals surface area contributed by atoms with Gasteiger partial charge >= 0.3 is 0 Å². The van der Waals surface area contributed by atoms with Gasteiger partial charge in [-0.15, -0.1) is 0 Å². The van der Waals surface area contributed by atoms with E-state index in [-0.39, 0.29) is 11.7 Å². The molecule has 0 atom stereocenters. The number of rotatable bonds is 5. The number of benzene rings is 3. The molecule has 1 saturated heterocycles. The van der Waals surface area contributed by atoms with E-state index in [0.717, 1.165) is 5.69 Å². The van der Waals surface area contributed by atoms with Gasteiger partial charge in [-0.25, -0.2) is 0 Å². The van der Waals surface area contributed by atoms with Gasteiger partial charge in [0.1, 0.15) is 0 Å². The van der Waals surface area contributed by atoms with Crippen molar-refractivity contribution in [3.8, 4) is 0 Å². The van der Waals surface area contributed by atoms with E-state index >= 15 is 0 Å². The summed E-state index contributed by atoms with van der Waals surface area (Å²) in [7, 11) is 0. The Bertz CT molecular complexity index is 1060. The molecule has 152 valence electrons. The van der Waals surface area contributed by atoms with Gasteiger partial charge in [-0.1, -0.05) is 54.1 Å². The fourth-order valence-electron chi connectivity index (χ4n) is 3.45. The number of morpholine rings is 1. The van der Waals surface area contributed by atoms with Gasteiger partial charge in [-0.3, -0.25) is 9.59 Å². The van der Waals surface area contributed by atoms with E-state index in [4.69, 9.17) is 16.3 Å². The zero-order valence-corrected chi connectivity index (χ0v) is 17.1. The molecule has 0 aromatic heterocycles. The Balaban J connectivity index is 1.70. The smallest absolute Gasteiger partial charge is 0.257 e. The molecule has 5 nitrogen and oxygen atoms in total. The Kier molecular flexibility index (Phi) is 6.12. The summed E-state index contributed by atoms with van der Waals surface area (Å²) in [4.78, 5) is 28.0. The third kappa shape index (κ3) is 4.37. The third-order valence-electron chi connectivity index (χ3n) is 5.01.